The Bertz CT molecular complexity index is 774. The number of carboxylic acid groups (broad SMARTS) is 1. The number of carboxylic acids is 1. The number of rotatable bonds is 44. The summed E-state index contributed by atoms with van der Waals surface area (Å²) in [5.74, 6) is -1.39. The van der Waals surface area contributed by atoms with Crippen molar-refractivity contribution in [2.75, 3.05) is 106 Å². The van der Waals surface area contributed by atoms with E-state index in [1.165, 1.54) is 83.5 Å². The molecular weight excluding hydrogens is 674 g/mol. The molecule has 0 rings (SSSR count). The Morgan fingerprint density at radius 1 is 0.404 bits per heavy atom. The summed E-state index contributed by atoms with van der Waals surface area (Å²) in [5.41, 5.74) is 0. The van der Waals surface area contributed by atoms with E-state index in [4.69, 9.17) is 43.0 Å². The van der Waals surface area contributed by atoms with Gasteiger partial charge in [-0.25, -0.2) is 0 Å². The number of hydrogen-bond donors (Lipinski definition) is 2. The number of amides is 1. The maximum atomic E-state index is 11.9. The summed E-state index contributed by atoms with van der Waals surface area (Å²) in [6.07, 6.45) is 20.6. The lowest BCUT2D eigenvalue weighted by Gasteiger charge is -2.09. The molecule has 0 unspecified atom stereocenters. The number of esters is 1. The molecular formula is C39H75NO12. The third-order valence-corrected chi connectivity index (χ3v) is 8.06. The van der Waals surface area contributed by atoms with E-state index in [0.717, 1.165) is 12.8 Å². The van der Waals surface area contributed by atoms with Gasteiger partial charge in [0.05, 0.1) is 92.3 Å². The molecule has 0 aromatic heterocycles. The number of hydrogen-bond acceptors (Lipinski definition) is 11. The first-order valence-corrected chi connectivity index (χ1v) is 20.2. The average Bonchev–Trinajstić information content (AvgIpc) is 3.13. The van der Waals surface area contributed by atoms with Crippen molar-refractivity contribution in [2.45, 2.75) is 129 Å². The number of carbonyl (C=O) groups excluding carboxylic acids is 2. The van der Waals surface area contributed by atoms with Gasteiger partial charge in [-0.2, -0.15) is 0 Å². The van der Waals surface area contributed by atoms with Gasteiger partial charge >= 0.3 is 11.9 Å². The van der Waals surface area contributed by atoms with Crippen molar-refractivity contribution in [3.63, 3.8) is 0 Å². The van der Waals surface area contributed by atoms with Crippen LogP contribution in [0.5, 0.6) is 0 Å². The zero-order valence-electron chi connectivity index (χ0n) is 32.7. The first kappa shape index (κ1) is 50.1. The van der Waals surface area contributed by atoms with Gasteiger partial charge in [0.15, 0.2) is 0 Å². The highest BCUT2D eigenvalue weighted by atomic mass is 16.6. The fourth-order valence-electron chi connectivity index (χ4n) is 5.06. The molecule has 0 aromatic rings. The quantitative estimate of drug-likeness (QED) is 0.0532. The van der Waals surface area contributed by atoms with E-state index in [9.17, 15) is 14.4 Å². The maximum Gasteiger partial charge on any atom is 0.305 e. The lowest BCUT2D eigenvalue weighted by atomic mass is 10.0. The molecule has 0 bridgehead atoms. The van der Waals surface area contributed by atoms with Crippen LogP contribution in [0.3, 0.4) is 0 Å². The second-order valence-corrected chi connectivity index (χ2v) is 12.8. The topological polar surface area (TPSA) is 157 Å². The van der Waals surface area contributed by atoms with E-state index in [2.05, 4.69) is 12.2 Å². The predicted octanol–water partition coefficient (Wildman–Crippen LogP) is 6.28. The van der Waals surface area contributed by atoms with E-state index >= 15 is 0 Å². The van der Waals surface area contributed by atoms with Crippen molar-refractivity contribution in [1.82, 2.24) is 5.32 Å². The highest BCUT2D eigenvalue weighted by molar-refractivity contribution is 5.80. The van der Waals surface area contributed by atoms with Gasteiger partial charge in [0.25, 0.3) is 0 Å². The number of unbranched alkanes of at least 4 members (excludes halogenated alkanes) is 14. The molecule has 0 atom stereocenters. The largest absolute Gasteiger partial charge is 0.481 e. The Kier molecular flexibility index (Phi) is 42.0. The van der Waals surface area contributed by atoms with Gasteiger partial charge in [0.1, 0.15) is 6.61 Å². The van der Waals surface area contributed by atoms with Crippen molar-refractivity contribution >= 4 is 17.8 Å². The van der Waals surface area contributed by atoms with Crippen LogP contribution in [0.2, 0.25) is 0 Å². The van der Waals surface area contributed by atoms with E-state index < -0.39 is 5.97 Å². The standard InChI is InChI=1S/C39H75NO12/c1-2-3-4-5-6-7-8-9-10-11-12-13-14-15-16-18-39(44)52-36-35-51-34-33-50-32-31-49-30-29-48-28-27-47-26-25-46-24-23-45-22-17-21-40-37(41)19-20-38(42)43/h2-36H2,1H3,(H,40,41)(H,42,43). The molecule has 13 heteroatoms. The molecule has 0 spiro atoms. The Balaban J connectivity index is 3.16. The van der Waals surface area contributed by atoms with Crippen LogP contribution < -0.4 is 5.32 Å². The molecule has 1 amide bonds. The first-order chi connectivity index (χ1) is 25.6. The summed E-state index contributed by atoms with van der Waals surface area (Å²) in [7, 11) is 0. The normalized spacial score (nSPS) is 11.2. The molecule has 2 N–H and O–H groups in total. The van der Waals surface area contributed by atoms with Crippen LogP contribution in [0, 0.1) is 0 Å². The zero-order chi connectivity index (χ0) is 37.8. The van der Waals surface area contributed by atoms with E-state index in [-0.39, 0.29) is 31.3 Å². The van der Waals surface area contributed by atoms with Crippen molar-refractivity contribution in [2.24, 2.45) is 0 Å². The number of ether oxygens (including phenoxy) is 8. The summed E-state index contributed by atoms with van der Waals surface area (Å²) in [4.78, 5) is 33.7. The molecule has 0 aliphatic heterocycles. The summed E-state index contributed by atoms with van der Waals surface area (Å²) < 4.78 is 43.5. The molecule has 0 aliphatic rings. The van der Waals surface area contributed by atoms with Gasteiger partial charge in [0.2, 0.25) is 5.91 Å². The molecule has 0 fully saturated rings. The Morgan fingerprint density at radius 2 is 0.750 bits per heavy atom. The molecule has 13 nitrogen and oxygen atoms in total. The predicted molar refractivity (Wildman–Crippen MR) is 201 cm³/mol. The molecule has 0 heterocycles. The summed E-state index contributed by atoms with van der Waals surface area (Å²) in [6.45, 7) is 9.45. The first-order valence-electron chi connectivity index (χ1n) is 20.2. The fourth-order valence-corrected chi connectivity index (χ4v) is 5.06. The Hall–Kier alpha value is -1.87. The molecule has 0 saturated heterocycles. The highest BCUT2D eigenvalue weighted by Crippen LogP contribution is 2.13. The SMILES string of the molecule is CCCCCCCCCCCCCCCCCC(=O)OCCOCCOCCOCCOCCOCCOCCOCCCNC(=O)CCC(=O)O. The molecule has 52 heavy (non-hydrogen) atoms. The third-order valence-electron chi connectivity index (χ3n) is 8.06. The average molecular weight is 750 g/mol. The van der Waals surface area contributed by atoms with Crippen molar-refractivity contribution in [3.05, 3.63) is 0 Å². The lowest BCUT2D eigenvalue weighted by molar-refractivity contribution is -0.145. The number of nitrogens with one attached hydrogen (secondary N) is 1. The minimum absolute atomic E-state index is 0.00984. The van der Waals surface area contributed by atoms with Gasteiger partial charge in [-0.05, 0) is 12.8 Å². The van der Waals surface area contributed by atoms with Crippen LogP contribution in [0.4, 0.5) is 0 Å². The zero-order valence-corrected chi connectivity index (χ0v) is 32.7. The van der Waals surface area contributed by atoms with Gasteiger partial charge in [0, 0.05) is 26.0 Å². The lowest BCUT2D eigenvalue weighted by Crippen LogP contribution is -2.25. The van der Waals surface area contributed by atoms with E-state index in [1.54, 1.807) is 0 Å². The van der Waals surface area contributed by atoms with Crippen molar-refractivity contribution < 1.29 is 57.4 Å². The number of carbonyl (C=O) groups is 3. The smallest absolute Gasteiger partial charge is 0.305 e. The van der Waals surface area contributed by atoms with Gasteiger partial charge in [-0.1, -0.05) is 96.8 Å². The van der Waals surface area contributed by atoms with Gasteiger partial charge < -0.3 is 48.3 Å². The highest BCUT2D eigenvalue weighted by Gasteiger charge is 2.05. The second kappa shape index (κ2) is 43.5. The fraction of sp³-hybridized carbons (Fsp3) is 0.923. The summed E-state index contributed by atoms with van der Waals surface area (Å²) >= 11 is 0. The van der Waals surface area contributed by atoms with Crippen LogP contribution in [0.1, 0.15) is 129 Å². The molecule has 308 valence electrons. The van der Waals surface area contributed by atoms with Crippen LogP contribution in [0.25, 0.3) is 0 Å². The Morgan fingerprint density at radius 3 is 1.13 bits per heavy atom. The van der Waals surface area contributed by atoms with Gasteiger partial charge in [-0.3, -0.25) is 14.4 Å². The minimum atomic E-state index is -0.982. The molecule has 0 saturated carbocycles. The summed E-state index contributed by atoms with van der Waals surface area (Å²) in [6, 6.07) is 0. The van der Waals surface area contributed by atoms with Crippen LogP contribution in [0.15, 0.2) is 0 Å². The van der Waals surface area contributed by atoms with E-state index in [1.807, 2.05) is 0 Å². The Labute approximate surface area is 314 Å². The third kappa shape index (κ3) is 44.3. The summed E-state index contributed by atoms with van der Waals surface area (Å²) in [5, 5.41) is 11.2. The molecule has 0 aliphatic carbocycles. The molecule has 0 radical (unpaired) electrons. The van der Waals surface area contributed by atoms with Crippen molar-refractivity contribution in [1.29, 1.82) is 0 Å². The number of aliphatic carboxylic acids is 1. The minimum Gasteiger partial charge on any atom is -0.481 e. The molecule has 0 aromatic carbocycles. The van der Waals surface area contributed by atoms with Crippen LogP contribution >= 0.6 is 0 Å². The van der Waals surface area contributed by atoms with Crippen molar-refractivity contribution in [3.8, 4) is 0 Å². The monoisotopic (exact) mass is 750 g/mol. The van der Waals surface area contributed by atoms with Gasteiger partial charge in [-0.15, -0.1) is 0 Å². The van der Waals surface area contributed by atoms with Crippen LogP contribution in [-0.2, 0) is 52.3 Å². The van der Waals surface area contributed by atoms with E-state index in [0.29, 0.717) is 112 Å². The van der Waals surface area contributed by atoms with Crippen LogP contribution in [-0.4, -0.2) is 129 Å². The maximum absolute atomic E-state index is 11.9. The second-order valence-electron chi connectivity index (χ2n) is 12.8.